The lowest BCUT2D eigenvalue weighted by Crippen LogP contribution is -1.99. The Bertz CT molecular complexity index is 141. The fourth-order valence-corrected chi connectivity index (χ4v) is 1.68. The molecule has 11 heavy (non-hydrogen) atoms. The van der Waals surface area contributed by atoms with Gasteiger partial charge in [-0.2, -0.15) is 0 Å². The van der Waals surface area contributed by atoms with Crippen LogP contribution in [-0.4, -0.2) is 14.1 Å². The molecule has 0 spiro atoms. The van der Waals surface area contributed by atoms with Crippen molar-refractivity contribution < 1.29 is 10.2 Å². The second-order valence-corrected chi connectivity index (χ2v) is 4.95. The molecular formula is C7H12I2O2. The average Bonchev–Trinajstić information content (AvgIpc) is 1.98. The summed E-state index contributed by atoms with van der Waals surface area (Å²) >= 11 is 4.19. The Balaban J connectivity index is 3.83. The summed E-state index contributed by atoms with van der Waals surface area (Å²) < 4.78 is 0.898. The largest absolute Gasteiger partial charge is 0.481 e. The van der Waals surface area contributed by atoms with Gasteiger partial charge >= 0.3 is 0 Å². The Kier molecular flexibility index (Phi) is 6.79. The van der Waals surface area contributed by atoms with Gasteiger partial charge < -0.3 is 10.2 Å². The van der Waals surface area contributed by atoms with Crippen LogP contribution < -0.4 is 0 Å². The summed E-state index contributed by atoms with van der Waals surface area (Å²) in [5, 5.41) is 17.4. The zero-order valence-electron chi connectivity index (χ0n) is 6.35. The van der Waals surface area contributed by atoms with Crippen LogP contribution in [0.1, 0.15) is 26.2 Å². The number of rotatable bonds is 4. The van der Waals surface area contributed by atoms with Crippen LogP contribution >= 0.6 is 45.2 Å². The van der Waals surface area contributed by atoms with E-state index in [1.54, 1.807) is 0 Å². The van der Waals surface area contributed by atoms with Crippen LogP contribution in [0.4, 0.5) is 0 Å². The fourth-order valence-electron chi connectivity index (χ4n) is 0.650. The monoisotopic (exact) mass is 382 g/mol. The second kappa shape index (κ2) is 6.33. The average molecular weight is 382 g/mol. The van der Waals surface area contributed by atoms with Gasteiger partial charge in [-0.25, -0.2) is 0 Å². The Hall–Kier alpha value is 0.800. The number of alkyl halides is 1. The van der Waals surface area contributed by atoms with E-state index >= 15 is 0 Å². The first-order chi connectivity index (χ1) is 5.09. The summed E-state index contributed by atoms with van der Waals surface area (Å²) in [6, 6.07) is 0. The van der Waals surface area contributed by atoms with E-state index in [0.29, 0.717) is 3.58 Å². The van der Waals surface area contributed by atoms with Crippen LogP contribution in [0.2, 0.25) is 0 Å². The summed E-state index contributed by atoms with van der Waals surface area (Å²) in [5.41, 5.74) is 0. The fraction of sp³-hybridized carbons (Fsp3) is 0.714. The summed E-state index contributed by atoms with van der Waals surface area (Å²) in [4.78, 5) is 0. The minimum absolute atomic E-state index is 0.248. The third-order valence-electron chi connectivity index (χ3n) is 1.30. The lowest BCUT2D eigenvalue weighted by Gasteiger charge is -2.06. The highest BCUT2D eigenvalue weighted by atomic mass is 127. The van der Waals surface area contributed by atoms with Gasteiger partial charge in [-0.1, -0.05) is 42.4 Å². The number of hydrogen-bond donors (Lipinski definition) is 2. The third kappa shape index (κ3) is 5.10. The van der Waals surface area contributed by atoms with Crippen molar-refractivity contribution in [2.75, 3.05) is 0 Å². The quantitative estimate of drug-likeness (QED) is 0.443. The number of allylic oxidation sites excluding steroid dienone is 1. The van der Waals surface area contributed by atoms with Crippen molar-refractivity contribution in [1.82, 2.24) is 0 Å². The van der Waals surface area contributed by atoms with Gasteiger partial charge in [0.25, 0.3) is 5.95 Å². The molecule has 1 atom stereocenters. The van der Waals surface area contributed by atoms with Crippen LogP contribution in [0.5, 0.6) is 0 Å². The molecule has 0 fully saturated rings. The van der Waals surface area contributed by atoms with Gasteiger partial charge in [0.1, 0.15) is 0 Å². The van der Waals surface area contributed by atoms with Gasteiger partial charge in [-0.3, -0.25) is 0 Å². The minimum Gasteiger partial charge on any atom is -0.481 e. The number of halogens is 2. The summed E-state index contributed by atoms with van der Waals surface area (Å²) in [5.74, 6) is -0.527. The second-order valence-electron chi connectivity index (χ2n) is 2.28. The van der Waals surface area contributed by atoms with Gasteiger partial charge in [0.15, 0.2) is 0 Å². The Morgan fingerprint density at radius 1 is 1.45 bits per heavy atom. The zero-order chi connectivity index (χ0) is 8.85. The Morgan fingerprint density at radius 2 is 2.00 bits per heavy atom. The van der Waals surface area contributed by atoms with E-state index in [4.69, 9.17) is 10.2 Å². The van der Waals surface area contributed by atoms with Gasteiger partial charge in [-0.15, -0.1) is 0 Å². The van der Waals surface area contributed by atoms with Crippen LogP contribution in [0, 0.1) is 0 Å². The molecule has 0 aromatic rings. The van der Waals surface area contributed by atoms with Crippen LogP contribution in [0.25, 0.3) is 0 Å². The molecule has 0 radical (unpaired) electrons. The molecule has 0 aliphatic heterocycles. The van der Waals surface area contributed by atoms with Crippen molar-refractivity contribution in [3.63, 3.8) is 0 Å². The normalized spacial score (nSPS) is 12.6. The maximum Gasteiger partial charge on any atom is 0.284 e. The molecule has 4 heteroatoms. The summed E-state index contributed by atoms with van der Waals surface area (Å²) in [6.07, 6.45) is 3.29. The number of hydrogen-bond acceptors (Lipinski definition) is 2. The number of aliphatic hydroxyl groups excluding tert-OH is 1. The van der Waals surface area contributed by atoms with Crippen molar-refractivity contribution in [2.24, 2.45) is 0 Å². The first-order valence-electron chi connectivity index (χ1n) is 3.51. The molecule has 0 aliphatic carbocycles. The minimum atomic E-state index is -0.527. The van der Waals surface area contributed by atoms with Gasteiger partial charge in [0.05, 0.1) is 3.58 Å². The molecule has 0 saturated heterocycles. The van der Waals surface area contributed by atoms with Crippen LogP contribution in [0.3, 0.4) is 0 Å². The van der Waals surface area contributed by atoms with Crippen molar-refractivity contribution in [3.05, 3.63) is 9.53 Å². The van der Waals surface area contributed by atoms with Crippen molar-refractivity contribution in [2.45, 2.75) is 30.1 Å². The predicted molar refractivity (Wildman–Crippen MR) is 63.6 cm³/mol. The van der Waals surface area contributed by atoms with E-state index in [9.17, 15) is 0 Å². The summed E-state index contributed by atoms with van der Waals surface area (Å²) in [6.45, 7) is 2.12. The van der Waals surface area contributed by atoms with Crippen molar-refractivity contribution in [1.29, 1.82) is 0 Å². The topological polar surface area (TPSA) is 40.5 Å². The van der Waals surface area contributed by atoms with Gasteiger partial charge in [0.2, 0.25) is 0 Å². The molecular weight excluding hydrogens is 370 g/mol. The molecule has 0 saturated carbocycles. The van der Waals surface area contributed by atoms with Gasteiger partial charge in [0, 0.05) is 3.92 Å². The number of unbranched alkanes of at least 4 members (excludes halogenated alkanes) is 1. The predicted octanol–water partition coefficient (Wildman–Crippen LogP) is 3.70. The zero-order valence-corrected chi connectivity index (χ0v) is 10.7. The van der Waals surface area contributed by atoms with Gasteiger partial charge in [-0.05, 0) is 29.0 Å². The number of aliphatic hydroxyl groups is 2. The van der Waals surface area contributed by atoms with Crippen molar-refractivity contribution >= 4 is 45.2 Å². The maximum atomic E-state index is 8.71. The van der Waals surface area contributed by atoms with E-state index in [-0.39, 0.29) is 3.92 Å². The van der Waals surface area contributed by atoms with E-state index < -0.39 is 5.95 Å². The molecule has 66 valence electrons. The Morgan fingerprint density at radius 3 is 2.36 bits per heavy atom. The van der Waals surface area contributed by atoms with Crippen molar-refractivity contribution in [3.8, 4) is 0 Å². The first-order valence-corrected chi connectivity index (χ1v) is 5.83. The maximum absolute atomic E-state index is 8.71. The highest BCUT2D eigenvalue weighted by molar-refractivity contribution is 14.1. The molecule has 1 unspecified atom stereocenters. The molecule has 2 N–H and O–H groups in total. The van der Waals surface area contributed by atoms with E-state index in [1.807, 2.05) is 22.6 Å². The summed E-state index contributed by atoms with van der Waals surface area (Å²) in [7, 11) is 0. The smallest absolute Gasteiger partial charge is 0.284 e. The van der Waals surface area contributed by atoms with E-state index in [2.05, 4.69) is 29.5 Å². The van der Waals surface area contributed by atoms with E-state index in [1.165, 1.54) is 0 Å². The molecule has 0 aromatic carbocycles. The Labute approximate surface area is 94.4 Å². The van der Waals surface area contributed by atoms with E-state index in [0.717, 1.165) is 19.3 Å². The highest BCUT2D eigenvalue weighted by Crippen LogP contribution is 2.25. The molecule has 0 amide bonds. The van der Waals surface area contributed by atoms with Crippen LogP contribution in [-0.2, 0) is 0 Å². The highest BCUT2D eigenvalue weighted by Gasteiger charge is 2.11. The SMILES string of the molecule is CCCCC(I)C(I)=C(O)O. The first kappa shape index (κ1) is 11.8. The molecule has 2 nitrogen and oxygen atoms in total. The molecule has 0 heterocycles. The lowest BCUT2D eigenvalue weighted by atomic mass is 10.2. The molecule has 0 aliphatic rings. The van der Waals surface area contributed by atoms with Crippen LogP contribution in [0.15, 0.2) is 9.53 Å². The molecule has 0 bridgehead atoms. The standard InChI is InChI=1S/C7H12I2O2/c1-2-3-4-5(8)6(9)7(10)11/h5,10-11H,2-4H2,1H3. The molecule has 0 aromatic heterocycles. The molecule has 0 rings (SSSR count). The third-order valence-corrected chi connectivity index (χ3v) is 4.97. The lowest BCUT2D eigenvalue weighted by molar-refractivity contribution is 0.188.